The van der Waals surface area contributed by atoms with Gasteiger partial charge >= 0.3 is 0 Å². The van der Waals surface area contributed by atoms with Crippen molar-refractivity contribution in [3.05, 3.63) is 23.2 Å². The van der Waals surface area contributed by atoms with E-state index in [9.17, 15) is 5.11 Å². The Morgan fingerprint density at radius 1 is 1.53 bits per heavy atom. The molecule has 1 unspecified atom stereocenters. The fourth-order valence-electron chi connectivity index (χ4n) is 1.27. The van der Waals surface area contributed by atoms with Crippen molar-refractivity contribution in [1.82, 2.24) is 0 Å². The van der Waals surface area contributed by atoms with E-state index < -0.39 is 0 Å². The van der Waals surface area contributed by atoms with Crippen LogP contribution in [0.5, 0.6) is 0 Å². The number of aliphatic hydroxyl groups excluding tert-OH is 1. The maximum atomic E-state index is 9.36. The molecule has 0 fully saturated rings. The predicted molar refractivity (Wildman–Crippen MR) is 65.3 cm³/mol. The summed E-state index contributed by atoms with van der Waals surface area (Å²) in [6.45, 7) is 2.67. The third-order valence-corrected chi connectivity index (χ3v) is 2.51. The first-order valence-corrected chi connectivity index (χ1v) is 5.48. The molecule has 0 amide bonds. The van der Waals surface area contributed by atoms with Crippen LogP contribution >= 0.6 is 11.6 Å². The molecule has 0 spiro atoms. The first-order chi connectivity index (χ1) is 7.13. The molecule has 1 aromatic carbocycles. The molecule has 1 aromatic rings. The normalized spacial score (nSPS) is 12.5. The van der Waals surface area contributed by atoms with Crippen LogP contribution in [0.1, 0.15) is 19.8 Å². The van der Waals surface area contributed by atoms with Crippen molar-refractivity contribution in [2.75, 3.05) is 17.6 Å². The summed E-state index contributed by atoms with van der Waals surface area (Å²) in [7, 11) is 0. The second-order valence-corrected chi connectivity index (χ2v) is 3.95. The second kappa shape index (κ2) is 5.83. The van der Waals surface area contributed by atoms with Crippen LogP contribution in [0.3, 0.4) is 0 Å². The molecule has 0 aliphatic heterocycles. The molecule has 84 valence electrons. The van der Waals surface area contributed by atoms with Gasteiger partial charge in [-0.15, -0.1) is 0 Å². The lowest BCUT2D eigenvalue weighted by Crippen LogP contribution is -2.12. The van der Waals surface area contributed by atoms with Crippen LogP contribution in [0.15, 0.2) is 18.2 Å². The maximum Gasteiger partial charge on any atom is 0.0574 e. The summed E-state index contributed by atoms with van der Waals surface area (Å²) in [5.41, 5.74) is 7.26. The SMILES string of the molecule is CCC(O)CCNc1ccc(Cl)cc1N. The molecule has 1 rings (SSSR count). The number of anilines is 2. The summed E-state index contributed by atoms with van der Waals surface area (Å²) in [4.78, 5) is 0. The summed E-state index contributed by atoms with van der Waals surface area (Å²) < 4.78 is 0. The maximum absolute atomic E-state index is 9.36. The summed E-state index contributed by atoms with van der Waals surface area (Å²) in [6.07, 6.45) is 1.25. The number of nitrogens with two attached hydrogens (primary N) is 1. The topological polar surface area (TPSA) is 58.3 Å². The van der Waals surface area contributed by atoms with Gasteiger partial charge in [0.25, 0.3) is 0 Å². The molecule has 0 aliphatic rings. The lowest BCUT2D eigenvalue weighted by atomic mass is 10.2. The average molecular weight is 229 g/mol. The number of rotatable bonds is 5. The average Bonchev–Trinajstić information content (AvgIpc) is 2.21. The second-order valence-electron chi connectivity index (χ2n) is 3.51. The van der Waals surface area contributed by atoms with Crippen molar-refractivity contribution in [3.63, 3.8) is 0 Å². The smallest absolute Gasteiger partial charge is 0.0574 e. The van der Waals surface area contributed by atoms with Crippen LogP contribution in [0.25, 0.3) is 0 Å². The summed E-state index contributed by atoms with van der Waals surface area (Å²) in [6, 6.07) is 5.34. The van der Waals surface area contributed by atoms with E-state index in [0.29, 0.717) is 17.3 Å². The van der Waals surface area contributed by atoms with Gasteiger partial charge in [0.2, 0.25) is 0 Å². The predicted octanol–water partition coefficient (Wildman–Crippen LogP) is 2.50. The molecule has 0 saturated heterocycles. The third kappa shape index (κ3) is 3.98. The quantitative estimate of drug-likeness (QED) is 0.679. The first-order valence-electron chi connectivity index (χ1n) is 5.10. The summed E-state index contributed by atoms with van der Waals surface area (Å²) >= 11 is 5.78. The molecule has 15 heavy (non-hydrogen) atoms. The van der Waals surface area contributed by atoms with Gasteiger partial charge in [0.15, 0.2) is 0 Å². The van der Waals surface area contributed by atoms with E-state index in [2.05, 4.69) is 5.32 Å². The Labute approximate surface area is 95.2 Å². The van der Waals surface area contributed by atoms with Crippen molar-refractivity contribution in [2.24, 2.45) is 0 Å². The van der Waals surface area contributed by atoms with Gasteiger partial charge in [0, 0.05) is 11.6 Å². The highest BCUT2D eigenvalue weighted by molar-refractivity contribution is 6.31. The van der Waals surface area contributed by atoms with Gasteiger partial charge in [-0.05, 0) is 31.0 Å². The molecular formula is C11H17ClN2O. The third-order valence-electron chi connectivity index (χ3n) is 2.28. The van der Waals surface area contributed by atoms with Crippen LogP contribution in [-0.4, -0.2) is 17.8 Å². The van der Waals surface area contributed by atoms with Crippen molar-refractivity contribution < 1.29 is 5.11 Å². The van der Waals surface area contributed by atoms with Gasteiger partial charge in [0.05, 0.1) is 17.5 Å². The zero-order chi connectivity index (χ0) is 11.3. The fraction of sp³-hybridized carbons (Fsp3) is 0.455. The molecule has 0 bridgehead atoms. The molecule has 4 heteroatoms. The molecule has 0 saturated carbocycles. The minimum absolute atomic E-state index is 0.244. The Kier molecular flexibility index (Phi) is 4.72. The number of hydrogen-bond donors (Lipinski definition) is 3. The standard InChI is InChI=1S/C11H17ClN2O/c1-2-9(15)5-6-14-11-4-3-8(12)7-10(11)13/h3-4,7,9,14-15H,2,5-6,13H2,1H3. The van der Waals surface area contributed by atoms with Crippen LogP contribution in [-0.2, 0) is 0 Å². The fourth-order valence-corrected chi connectivity index (χ4v) is 1.45. The van der Waals surface area contributed by atoms with Crippen LogP contribution < -0.4 is 11.1 Å². The number of benzene rings is 1. The van der Waals surface area contributed by atoms with Crippen LogP contribution in [0, 0.1) is 0 Å². The molecule has 4 N–H and O–H groups in total. The zero-order valence-electron chi connectivity index (χ0n) is 8.83. The van der Waals surface area contributed by atoms with E-state index in [1.165, 1.54) is 0 Å². The van der Waals surface area contributed by atoms with E-state index in [1.807, 2.05) is 13.0 Å². The highest BCUT2D eigenvalue weighted by atomic mass is 35.5. The Morgan fingerprint density at radius 3 is 2.87 bits per heavy atom. The molecule has 0 heterocycles. The number of nitrogens with one attached hydrogen (secondary N) is 1. The number of hydrogen-bond acceptors (Lipinski definition) is 3. The van der Waals surface area contributed by atoms with E-state index >= 15 is 0 Å². The zero-order valence-corrected chi connectivity index (χ0v) is 9.59. The van der Waals surface area contributed by atoms with Crippen LogP contribution in [0.2, 0.25) is 5.02 Å². The Bertz CT molecular complexity index is 317. The van der Waals surface area contributed by atoms with E-state index in [-0.39, 0.29) is 6.10 Å². The molecule has 3 nitrogen and oxygen atoms in total. The van der Waals surface area contributed by atoms with Gasteiger partial charge < -0.3 is 16.2 Å². The van der Waals surface area contributed by atoms with Crippen molar-refractivity contribution in [2.45, 2.75) is 25.9 Å². The molecule has 1 atom stereocenters. The number of halogens is 1. The van der Waals surface area contributed by atoms with E-state index in [4.69, 9.17) is 17.3 Å². The van der Waals surface area contributed by atoms with Crippen molar-refractivity contribution >= 4 is 23.0 Å². The van der Waals surface area contributed by atoms with Gasteiger partial charge in [-0.2, -0.15) is 0 Å². The lowest BCUT2D eigenvalue weighted by molar-refractivity contribution is 0.164. The summed E-state index contributed by atoms with van der Waals surface area (Å²) in [5, 5.41) is 13.1. The lowest BCUT2D eigenvalue weighted by Gasteiger charge is -2.11. The molecule has 0 aliphatic carbocycles. The van der Waals surface area contributed by atoms with Crippen molar-refractivity contribution in [1.29, 1.82) is 0 Å². The Hall–Kier alpha value is -0.930. The monoisotopic (exact) mass is 228 g/mol. The van der Waals surface area contributed by atoms with Gasteiger partial charge in [-0.25, -0.2) is 0 Å². The van der Waals surface area contributed by atoms with E-state index in [0.717, 1.165) is 18.5 Å². The highest BCUT2D eigenvalue weighted by Crippen LogP contribution is 2.22. The minimum atomic E-state index is -0.244. The number of nitrogen functional groups attached to an aromatic ring is 1. The van der Waals surface area contributed by atoms with Crippen LogP contribution in [0.4, 0.5) is 11.4 Å². The largest absolute Gasteiger partial charge is 0.397 e. The summed E-state index contributed by atoms with van der Waals surface area (Å²) in [5.74, 6) is 0. The Morgan fingerprint density at radius 2 is 2.27 bits per heavy atom. The van der Waals surface area contributed by atoms with Gasteiger partial charge in [-0.1, -0.05) is 18.5 Å². The number of aliphatic hydroxyl groups is 1. The highest BCUT2D eigenvalue weighted by Gasteiger charge is 2.02. The van der Waals surface area contributed by atoms with Gasteiger partial charge in [-0.3, -0.25) is 0 Å². The first kappa shape index (κ1) is 12.1. The molecule has 0 aromatic heterocycles. The van der Waals surface area contributed by atoms with E-state index in [1.54, 1.807) is 12.1 Å². The minimum Gasteiger partial charge on any atom is -0.397 e. The molecule has 0 radical (unpaired) electrons. The Balaban J connectivity index is 2.44. The van der Waals surface area contributed by atoms with Crippen molar-refractivity contribution in [3.8, 4) is 0 Å². The molecular weight excluding hydrogens is 212 g/mol. The van der Waals surface area contributed by atoms with Gasteiger partial charge in [0.1, 0.15) is 0 Å².